The number of ether oxygens (including phenoxy) is 2. The molecular weight excluding hydrogens is 433 g/mol. The van der Waals surface area contributed by atoms with Crippen LogP contribution in [0.1, 0.15) is 22.8 Å². The summed E-state index contributed by atoms with van der Waals surface area (Å²) in [4.78, 5) is 14.8. The molecule has 1 amide bonds. The van der Waals surface area contributed by atoms with Crippen LogP contribution in [0.5, 0.6) is 11.5 Å². The fourth-order valence-electron chi connectivity index (χ4n) is 3.93. The molecule has 3 aromatic rings. The summed E-state index contributed by atoms with van der Waals surface area (Å²) in [6.45, 7) is 0.0573. The first-order chi connectivity index (χ1) is 15.3. The van der Waals surface area contributed by atoms with E-state index in [1.54, 1.807) is 48.5 Å². The van der Waals surface area contributed by atoms with Crippen LogP contribution in [-0.2, 0) is 21.2 Å². The summed E-state index contributed by atoms with van der Waals surface area (Å²) < 4.78 is 51.6. The number of anilines is 1. The van der Waals surface area contributed by atoms with Gasteiger partial charge >= 0.3 is 0 Å². The minimum atomic E-state index is -3.92. The Morgan fingerprint density at radius 1 is 0.969 bits per heavy atom. The van der Waals surface area contributed by atoms with Gasteiger partial charge in [0.15, 0.2) is 21.3 Å². The molecule has 0 spiro atoms. The van der Waals surface area contributed by atoms with Crippen LogP contribution in [0.3, 0.4) is 0 Å². The number of carbonyl (C=O) groups is 1. The molecular formula is C24H22FNO5S. The Morgan fingerprint density at radius 3 is 2.44 bits per heavy atom. The molecule has 0 saturated heterocycles. The number of hydrogen-bond donors (Lipinski definition) is 0. The molecule has 1 heterocycles. The van der Waals surface area contributed by atoms with E-state index in [1.165, 1.54) is 37.3 Å². The second-order valence-corrected chi connectivity index (χ2v) is 9.53. The van der Waals surface area contributed by atoms with Gasteiger partial charge in [-0.3, -0.25) is 4.79 Å². The molecule has 0 aromatic heterocycles. The molecule has 1 atom stereocenters. The van der Waals surface area contributed by atoms with Gasteiger partial charge in [-0.05, 0) is 47.5 Å². The van der Waals surface area contributed by atoms with Crippen LogP contribution in [0.25, 0.3) is 0 Å². The van der Waals surface area contributed by atoms with Gasteiger partial charge in [0.1, 0.15) is 5.82 Å². The van der Waals surface area contributed by atoms with Gasteiger partial charge < -0.3 is 14.4 Å². The van der Waals surface area contributed by atoms with Crippen molar-refractivity contribution in [2.75, 3.05) is 19.1 Å². The van der Waals surface area contributed by atoms with Gasteiger partial charge in [0.05, 0.1) is 36.6 Å². The first kappa shape index (κ1) is 21.8. The number of fused-ring (bicyclic) bond motifs is 1. The minimum absolute atomic E-state index is 0.0573. The van der Waals surface area contributed by atoms with Crippen LogP contribution in [0, 0.1) is 5.82 Å². The topological polar surface area (TPSA) is 72.9 Å². The zero-order chi connectivity index (χ0) is 22.9. The lowest BCUT2D eigenvalue weighted by Crippen LogP contribution is -2.30. The maximum absolute atomic E-state index is 13.7. The number of rotatable bonds is 5. The van der Waals surface area contributed by atoms with E-state index in [0.717, 1.165) is 0 Å². The molecule has 1 aliphatic rings. The van der Waals surface area contributed by atoms with Crippen LogP contribution in [0.4, 0.5) is 10.1 Å². The molecule has 3 aromatic carbocycles. The van der Waals surface area contributed by atoms with Crippen LogP contribution >= 0.6 is 0 Å². The second kappa shape index (κ2) is 8.63. The van der Waals surface area contributed by atoms with E-state index in [1.807, 2.05) is 0 Å². The van der Waals surface area contributed by atoms with Crippen LogP contribution in [0.2, 0.25) is 0 Å². The number of halogens is 1. The Bertz CT molecular complexity index is 1270. The highest BCUT2D eigenvalue weighted by atomic mass is 32.2. The summed E-state index contributed by atoms with van der Waals surface area (Å²) in [5.74, 6) is 0.0416. The van der Waals surface area contributed by atoms with Gasteiger partial charge in [-0.25, -0.2) is 12.8 Å². The second-order valence-electron chi connectivity index (χ2n) is 7.43. The molecule has 0 N–H and O–H groups in total. The lowest BCUT2D eigenvalue weighted by atomic mass is 10.1. The van der Waals surface area contributed by atoms with Crippen molar-refractivity contribution in [1.82, 2.24) is 0 Å². The summed E-state index contributed by atoms with van der Waals surface area (Å²) in [5, 5.41) is -1.10. The highest BCUT2D eigenvalue weighted by Gasteiger charge is 2.39. The number of nitrogens with zero attached hydrogens (tertiary/aromatic N) is 1. The molecule has 0 bridgehead atoms. The summed E-state index contributed by atoms with van der Waals surface area (Å²) in [6, 6.07) is 17.1. The maximum atomic E-state index is 13.7. The quantitative estimate of drug-likeness (QED) is 0.574. The number of para-hydroxylation sites is 1. The normalized spacial score (nSPS) is 17.4. The number of sulfone groups is 1. The average molecular weight is 456 g/mol. The van der Waals surface area contributed by atoms with Crippen molar-refractivity contribution in [2.24, 2.45) is 0 Å². The molecule has 166 valence electrons. The number of amides is 1. The largest absolute Gasteiger partial charge is 0.493 e. The van der Waals surface area contributed by atoms with Crippen LogP contribution < -0.4 is 14.4 Å². The Balaban J connectivity index is 1.82. The minimum Gasteiger partial charge on any atom is -0.493 e. The highest BCUT2D eigenvalue weighted by molar-refractivity contribution is 7.92. The van der Waals surface area contributed by atoms with Gasteiger partial charge in [0, 0.05) is 6.42 Å². The molecule has 0 fully saturated rings. The number of carbonyl (C=O) groups excluding carboxylic acids is 1. The molecule has 1 aliphatic heterocycles. The number of benzene rings is 3. The number of methoxy groups -OCH3 is 2. The Morgan fingerprint density at radius 2 is 1.72 bits per heavy atom. The summed E-state index contributed by atoms with van der Waals surface area (Å²) in [7, 11) is -0.963. The van der Waals surface area contributed by atoms with E-state index in [4.69, 9.17) is 9.47 Å². The SMILES string of the molecule is COc1ccc([C@@H]2CC(=O)N(Cc3cccc(F)c3)c3ccccc3S2(=O)=O)cc1OC. The van der Waals surface area contributed by atoms with Gasteiger partial charge in [0.25, 0.3) is 0 Å². The van der Waals surface area contributed by atoms with Crippen molar-refractivity contribution in [3.05, 3.63) is 83.7 Å². The smallest absolute Gasteiger partial charge is 0.229 e. The van der Waals surface area contributed by atoms with Crippen molar-refractivity contribution < 1.29 is 27.1 Å². The third-order valence-corrected chi connectivity index (χ3v) is 7.65. The van der Waals surface area contributed by atoms with E-state index >= 15 is 0 Å². The van der Waals surface area contributed by atoms with Gasteiger partial charge in [-0.1, -0.05) is 30.3 Å². The molecule has 0 unspecified atom stereocenters. The first-order valence-electron chi connectivity index (χ1n) is 9.95. The highest BCUT2D eigenvalue weighted by Crippen LogP contribution is 2.42. The molecule has 8 heteroatoms. The van der Waals surface area contributed by atoms with Gasteiger partial charge in [-0.15, -0.1) is 0 Å². The lowest BCUT2D eigenvalue weighted by molar-refractivity contribution is -0.118. The number of hydrogen-bond acceptors (Lipinski definition) is 5. The molecule has 6 nitrogen and oxygen atoms in total. The first-order valence-corrected chi connectivity index (χ1v) is 11.5. The average Bonchev–Trinajstić information content (AvgIpc) is 2.87. The molecule has 4 rings (SSSR count). The Hall–Kier alpha value is -3.39. The monoisotopic (exact) mass is 455 g/mol. The maximum Gasteiger partial charge on any atom is 0.229 e. The third-order valence-electron chi connectivity index (χ3n) is 5.51. The van der Waals surface area contributed by atoms with E-state index in [2.05, 4.69) is 0 Å². The molecule has 0 saturated carbocycles. The van der Waals surface area contributed by atoms with E-state index in [9.17, 15) is 17.6 Å². The summed E-state index contributed by atoms with van der Waals surface area (Å²) in [6.07, 6.45) is -0.262. The molecule has 32 heavy (non-hydrogen) atoms. The van der Waals surface area contributed by atoms with E-state index in [0.29, 0.717) is 22.6 Å². The van der Waals surface area contributed by atoms with Crippen molar-refractivity contribution in [2.45, 2.75) is 23.1 Å². The van der Waals surface area contributed by atoms with Crippen molar-refractivity contribution in [1.29, 1.82) is 0 Å². The van der Waals surface area contributed by atoms with Crippen molar-refractivity contribution in [3.63, 3.8) is 0 Å². The summed E-state index contributed by atoms with van der Waals surface area (Å²) >= 11 is 0. The predicted octanol–water partition coefficient (Wildman–Crippen LogP) is 4.29. The summed E-state index contributed by atoms with van der Waals surface area (Å²) in [5.41, 5.74) is 1.28. The van der Waals surface area contributed by atoms with E-state index < -0.39 is 20.9 Å². The Kier molecular flexibility index (Phi) is 5.88. The molecule has 0 radical (unpaired) electrons. The fraction of sp³-hybridized carbons (Fsp3) is 0.208. The van der Waals surface area contributed by atoms with Gasteiger partial charge in [0.2, 0.25) is 5.91 Å². The zero-order valence-electron chi connectivity index (χ0n) is 17.6. The van der Waals surface area contributed by atoms with Crippen molar-refractivity contribution >= 4 is 21.4 Å². The fourth-order valence-corrected chi connectivity index (χ4v) is 5.84. The van der Waals surface area contributed by atoms with E-state index in [-0.39, 0.29) is 29.5 Å². The predicted molar refractivity (Wildman–Crippen MR) is 118 cm³/mol. The lowest BCUT2D eigenvalue weighted by Gasteiger charge is -2.22. The van der Waals surface area contributed by atoms with Gasteiger partial charge in [-0.2, -0.15) is 0 Å². The third kappa shape index (κ3) is 3.93. The molecule has 0 aliphatic carbocycles. The standard InChI is InChI=1S/C24H22FNO5S/c1-30-20-11-10-17(13-21(20)31-2)23-14-24(27)26(15-16-6-5-7-18(25)12-16)19-8-3-4-9-22(19)32(23,28)29/h3-13,23H,14-15H2,1-2H3/t23-/m0/s1. The Labute approximate surface area is 186 Å². The van der Waals surface area contributed by atoms with Crippen LogP contribution in [0.15, 0.2) is 71.6 Å². The van der Waals surface area contributed by atoms with Crippen molar-refractivity contribution in [3.8, 4) is 11.5 Å². The zero-order valence-corrected chi connectivity index (χ0v) is 18.4. The van der Waals surface area contributed by atoms with Crippen LogP contribution in [-0.4, -0.2) is 28.5 Å².